The van der Waals surface area contributed by atoms with Crippen LogP contribution in [0.1, 0.15) is 73.1 Å². The fourth-order valence-electron chi connectivity index (χ4n) is 2.99. The predicted molar refractivity (Wildman–Crippen MR) is 113 cm³/mol. The standard InChI is InChI=1S/C24H34O4/c1-5-19(6-2)13-11-17-27-23(25)21-15-9-10-16-22(21)24(26)28-18-12-14-20(7-3)8-4/h5,7,9-10,15-16,19-20H,1,3,6,8,11-14,17-18H2,2,4H3. The van der Waals surface area contributed by atoms with Gasteiger partial charge >= 0.3 is 11.9 Å². The summed E-state index contributed by atoms with van der Waals surface area (Å²) in [6, 6.07) is 6.63. The van der Waals surface area contributed by atoms with Gasteiger partial charge in [-0.2, -0.15) is 0 Å². The SMILES string of the molecule is C=CC(CC)CCCOC(=O)c1ccccc1C(=O)OCCCC(C=C)CC. The number of carbonyl (C=O) groups excluding carboxylic acids is 2. The Labute approximate surface area is 169 Å². The van der Waals surface area contributed by atoms with Gasteiger partial charge in [0.1, 0.15) is 0 Å². The second-order valence-electron chi connectivity index (χ2n) is 6.91. The zero-order valence-corrected chi connectivity index (χ0v) is 17.3. The summed E-state index contributed by atoms with van der Waals surface area (Å²) in [4.78, 5) is 24.8. The van der Waals surface area contributed by atoms with Crippen molar-refractivity contribution in [2.75, 3.05) is 13.2 Å². The van der Waals surface area contributed by atoms with Crippen molar-refractivity contribution < 1.29 is 19.1 Å². The fourth-order valence-corrected chi connectivity index (χ4v) is 2.99. The smallest absolute Gasteiger partial charge is 0.339 e. The lowest BCUT2D eigenvalue weighted by Crippen LogP contribution is -2.15. The lowest BCUT2D eigenvalue weighted by atomic mass is 10.0. The second kappa shape index (κ2) is 13.8. The van der Waals surface area contributed by atoms with Gasteiger partial charge in [-0.05, 0) is 62.5 Å². The Morgan fingerprint density at radius 3 is 1.57 bits per heavy atom. The van der Waals surface area contributed by atoms with Crippen molar-refractivity contribution in [2.24, 2.45) is 11.8 Å². The van der Waals surface area contributed by atoms with E-state index in [1.165, 1.54) is 0 Å². The molecule has 0 saturated carbocycles. The van der Waals surface area contributed by atoms with Gasteiger partial charge in [0.25, 0.3) is 0 Å². The molecule has 4 heteroatoms. The first-order chi connectivity index (χ1) is 13.6. The van der Waals surface area contributed by atoms with E-state index in [9.17, 15) is 9.59 Å². The first kappa shape index (κ1) is 23.7. The zero-order valence-electron chi connectivity index (χ0n) is 17.3. The van der Waals surface area contributed by atoms with Crippen molar-refractivity contribution >= 4 is 11.9 Å². The van der Waals surface area contributed by atoms with Gasteiger partial charge in [-0.1, -0.05) is 38.1 Å². The molecule has 0 radical (unpaired) electrons. The highest BCUT2D eigenvalue weighted by Gasteiger charge is 2.19. The first-order valence-electron chi connectivity index (χ1n) is 10.3. The second-order valence-corrected chi connectivity index (χ2v) is 6.91. The molecule has 154 valence electrons. The maximum absolute atomic E-state index is 12.4. The van der Waals surface area contributed by atoms with Crippen LogP contribution in [0, 0.1) is 11.8 Å². The molecule has 0 N–H and O–H groups in total. The predicted octanol–water partition coefficient (Wildman–Crippen LogP) is 5.99. The molecule has 0 aliphatic heterocycles. The summed E-state index contributed by atoms with van der Waals surface area (Å²) in [5.41, 5.74) is 0.501. The van der Waals surface area contributed by atoms with Crippen LogP contribution in [0.5, 0.6) is 0 Å². The Hall–Kier alpha value is -2.36. The van der Waals surface area contributed by atoms with Gasteiger partial charge in [0.2, 0.25) is 0 Å². The molecule has 1 aromatic carbocycles. The molecule has 0 heterocycles. The van der Waals surface area contributed by atoms with E-state index in [-0.39, 0.29) is 11.1 Å². The summed E-state index contributed by atoms with van der Waals surface area (Å²) in [6.45, 7) is 12.5. The Morgan fingerprint density at radius 2 is 1.25 bits per heavy atom. The van der Waals surface area contributed by atoms with Gasteiger partial charge < -0.3 is 9.47 Å². The van der Waals surface area contributed by atoms with Crippen LogP contribution in [-0.4, -0.2) is 25.2 Å². The third-order valence-electron chi connectivity index (χ3n) is 4.99. The molecule has 0 fully saturated rings. The number of ether oxygens (including phenoxy) is 2. The highest BCUT2D eigenvalue weighted by Crippen LogP contribution is 2.16. The lowest BCUT2D eigenvalue weighted by Gasteiger charge is -2.12. The number of carbonyl (C=O) groups is 2. The highest BCUT2D eigenvalue weighted by atomic mass is 16.5. The van der Waals surface area contributed by atoms with Crippen LogP contribution >= 0.6 is 0 Å². The summed E-state index contributed by atoms with van der Waals surface area (Å²) in [5, 5.41) is 0. The molecule has 1 rings (SSSR count). The molecule has 2 atom stereocenters. The van der Waals surface area contributed by atoms with Gasteiger partial charge in [-0.3, -0.25) is 0 Å². The Kier molecular flexibility index (Phi) is 11.6. The Bertz CT molecular complexity index is 580. The van der Waals surface area contributed by atoms with Crippen molar-refractivity contribution in [2.45, 2.75) is 52.4 Å². The molecular weight excluding hydrogens is 352 g/mol. The van der Waals surface area contributed by atoms with Crippen LogP contribution in [0.2, 0.25) is 0 Å². The van der Waals surface area contributed by atoms with Crippen LogP contribution in [0.3, 0.4) is 0 Å². The number of hydrogen-bond donors (Lipinski definition) is 0. The van der Waals surface area contributed by atoms with E-state index in [1.54, 1.807) is 24.3 Å². The van der Waals surface area contributed by atoms with Gasteiger partial charge in [0.05, 0.1) is 24.3 Å². The molecule has 0 aliphatic carbocycles. The largest absolute Gasteiger partial charge is 0.462 e. The summed E-state index contributed by atoms with van der Waals surface area (Å²) >= 11 is 0. The molecular formula is C24H34O4. The van der Waals surface area contributed by atoms with Crippen molar-refractivity contribution in [3.8, 4) is 0 Å². The minimum atomic E-state index is -0.489. The van der Waals surface area contributed by atoms with Crippen LogP contribution in [0.4, 0.5) is 0 Å². The van der Waals surface area contributed by atoms with E-state index in [1.807, 2.05) is 12.2 Å². The van der Waals surface area contributed by atoms with Crippen LogP contribution < -0.4 is 0 Å². The number of rotatable bonds is 14. The highest BCUT2D eigenvalue weighted by molar-refractivity contribution is 6.03. The quantitative estimate of drug-likeness (QED) is 0.224. The lowest BCUT2D eigenvalue weighted by molar-refractivity contribution is 0.0448. The molecule has 2 unspecified atom stereocenters. The summed E-state index contributed by atoms with van der Waals surface area (Å²) in [5.74, 6) is -0.0995. The maximum Gasteiger partial charge on any atom is 0.339 e. The third kappa shape index (κ3) is 8.12. The van der Waals surface area contributed by atoms with Crippen LogP contribution in [0.15, 0.2) is 49.6 Å². The zero-order chi connectivity index (χ0) is 20.8. The van der Waals surface area contributed by atoms with Gasteiger partial charge in [-0.15, -0.1) is 13.2 Å². The van der Waals surface area contributed by atoms with Crippen LogP contribution in [-0.2, 0) is 9.47 Å². The normalized spacial score (nSPS) is 12.6. The van der Waals surface area contributed by atoms with E-state index >= 15 is 0 Å². The minimum absolute atomic E-state index is 0.251. The van der Waals surface area contributed by atoms with E-state index < -0.39 is 11.9 Å². The molecule has 4 nitrogen and oxygen atoms in total. The number of esters is 2. The molecule has 0 saturated heterocycles. The average molecular weight is 387 g/mol. The number of benzene rings is 1. The van der Waals surface area contributed by atoms with Crippen molar-refractivity contribution in [1.82, 2.24) is 0 Å². The molecule has 0 spiro atoms. The average Bonchev–Trinajstić information content (AvgIpc) is 2.73. The number of hydrogen-bond acceptors (Lipinski definition) is 4. The summed E-state index contributed by atoms with van der Waals surface area (Å²) in [7, 11) is 0. The third-order valence-corrected chi connectivity index (χ3v) is 4.99. The van der Waals surface area contributed by atoms with Gasteiger partial charge in [0, 0.05) is 0 Å². The molecule has 0 amide bonds. The van der Waals surface area contributed by atoms with Crippen molar-refractivity contribution in [1.29, 1.82) is 0 Å². The van der Waals surface area contributed by atoms with E-state index in [2.05, 4.69) is 27.0 Å². The molecule has 0 aliphatic rings. The topological polar surface area (TPSA) is 52.6 Å². The van der Waals surface area contributed by atoms with Crippen molar-refractivity contribution in [3.63, 3.8) is 0 Å². The molecule has 1 aromatic rings. The summed E-state index contributed by atoms with van der Waals surface area (Å²) in [6.07, 6.45) is 9.32. The van der Waals surface area contributed by atoms with Gasteiger partial charge in [0.15, 0.2) is 0 Å². The first-order valence-corrected chi connectivity index (χ1v) is 10.3. The van der Waals surface area contributed by atoms with E-state index in [0.717, 1.165) is 38.5 Å². The number of allylic oxidation sites excluding steroid dienone is 2. The minimum Gasteiger partial charge on any atom is -0.462 e. The van der Waals surface area contributed by atoms with E-state index in [0.29, 0.717) is 25.0 Å². The Balaban J connectivity index is 2.53. The van der Waals surface area contributed by atoms with Gasteiger partial charge in [-0.25, -0.2) is 9.59 Å². The fraction of sp³-hybridized carbons (Fsp3) is 0.500. The molecule has 28 heavy (non-hydrogen) atoms. The van der Waals surface area contributed by atoms with E-state index in [4.69, 9.17) is 9.47 Å². The monoisotopic (exact) mass is 386 g/mol. The molecule has 0 bridgehead atoms. The Morgan fingerprint density at radius 1 is 0.857 bits per heavy atom. The van der Waals surface area contributed by atoms with Crippen molar-refractivity contribution in [3.05, 3.63) is 60.7 Å². The molecule has 0 aromatic heterocycles. The summed E-state index contributed by atoms with van der Waals surface area (Å²) < 4.78 is 10.7. The van der Waals surface area contributed by atoms with Crippen LogP contribution in [0.25, 0.3) is 0 Å². The maximum atomic E-state index is 12.4.